The van der Waals surface area contributed by atoms with Gasteiger partial charge in [-0.1, -0.05) is 55.8 Å². The fourth-order valence-corrected chi connectivity index (χ4v) is 3.13. The fraction of sp³-hybridized carbons (Fsp3) is 0.417. The Bertz CT molecular complexity index is 883. The van der Waals surface area contributed by atoms with Gasteiger partial charge in [-0.3, -0.25) is 9.59 Å². The largest absolute Gasteiger partial charge is 0.483 e. The summed E-state index contributed by atoms with van der Waals surface area (Å²) in [6, 6.07) is 12.5. The molecule has 30 heavy (non-hydrogen) atoms. The van der Waals surface area contributed by atoms with Crippen LogP contribution >= 0.6 is 11.6 Å². The van der Waals surface area contributed by atoms with Gasteiger partial charge < -0.3 is 15.0 Å². The van der Waals surface area contributed by atoms with E-state index in [-0.39, 0.29) is 25.0 Å². The Morgan fingerprint density at radius 2 is 1.80 bits per heavy atom. The van der Waals surface area contributed by atoms with Crippen LogP contribution in [0.4, 0.5) is 0 Å². The van der Waals surface area contributed by atoms with Gasteiger partial charge in [0.25, 0.3) is 5.91 Å². The number of rotatable bonds is 9. The van der Waals surface area contributed by atoms with Crippen LogP contribution in [0.15, 0.2) is 42.5 Å². The van der Waals surface area contributed by atoms with Crippen LogP contribution in [0.3, 0.4) is 0 Å². The molecule has 1 N–H and O–H groups in total. The molecule has 0 spiro atoms. The van der Waals surface area contributed by atoms with Crippen LogP contribution in [0.5, 0.6) is 5.75 Å². The van der Waals surface area contributed by atoms with E-state index in [0.29, 0.717) is 23.2 Å². The number of aryl methyl sites for hydroxylation is 2. The number of amides is 2. The van der Waals surface area contributed by atoms with Crippen molar-refractivity contribution in [1.82, 2.24) is 10.2 Å². The van der Waals surface area contributed by atoms with E-state index < -0.39 is 6.04 Å². The Kier molecular flexibility index (Phi) is 8.72. The predicted octanol–water partition coefficient (Wildman–Crippen LogP) is 4.53. The second kappa shape index (κ2) is 11.0. The first kappa shape index (κ1) is 23.7. The molecular weight excluding hydrogens is 400 g/mol. The van der Waals surface area contributed by atoms with Crippen LogP contribution in [0, 0.1) is 19.8 Å². The molecule has 2 rings (SSSR count). The minimum atomic E-state index is -0.658. The molecule has 0 fully saturated rings. The van der Waals surface area contributed by atoms with Crippen molar-refractivity contribution in [2.24, 2.45) is 5.92 Å². The summed E-state index contributed by atoms with van der Waals surface area (Å²) in [4.78, 5) is 27.3. The van der Waals surface area contributed by atoms with Crippen LogP contribution in [-0.4, -0.2) is 35.9 Å². The third-order valence-electron chi connectivity index (χ3n) is 4.85. The molecule has 0 radical (unpaired) electrons. The molecule has 0 aliphatic heterocycles. The molecule has 2 aromatic carbocycles. The molecule has 1 atom stereocenters. The Labute approximate surface area is 184 Å². The molecule has 6 heteroatoms. The van der Waals surface area contributed by atoms with Crippen molar-refractivity contribution >= 4 is 23.4 Å². The lowest BCUT2D eigenvalue weighted by molar-refractivity contribution is -0.142. The molecule has 5 nitrogen and oxygen atoms in total. The van der Waals surface area contributed by atoms with Gasteiger partial charge >= 0.3 is 0 Å². The molecule has 2 amide bonds. The van der Waals surface area contributed by atoms with Crippen LogP contribution in [0.25, 0.3) is 0 Å². The minimum Gasteiger partial charge on any atom is -0.483 e. The van der Waals surface area contributed by atoms with E-state index in [2.05, 4.69) is 5.32 Å². The zero-order valence-electron chi connectivity index (χ0n) is 18.4. The third kappa shape index (κ3) is 6.77. The zero-order chi connectivity index (χ0) is 22.3. The van der Waals surface area contributed by atoms with E-state index in [1.807, 2.05) is 64.1 Å². The first-order chi connectivity index (χ1) is 14.2. The van der Waals surface area contributed by atoms with Crippen molar-refractivity contribution in [1.29, 1.82) is 0 Å². The number of hydrogen-bond donors (Lipinski definition) is 1. The van der Waals surface area contributed by atoms with E-state index in [1.165, 1.54) is 4.90 Å². The summed E-state index contributed by atoms with van der Waals surface area (Å²) in [5.41, 5.74) is 2.79. The number of nitrogens with one attached hydrogen (secondary N) is 1. The molecular formula is C24H31ClN2O3. The zero-order valence-corrected chi connectivity index (χ0v) is 19.1. The van der Waals surface area contributed by atoms with E-state index in [9.17, 15) is 9.59 Å². The number of benzene rings is 2. The lowest BCUT2D eigenvalue weighted by Crippen LogP contribution is -2.49. The highest BCUT2D eigenvalue weighted by atomic mass is 35.5. The molecule has 0 aliphatic rings. The molecule has 0 saturated heterocycles. The van der Waals surface area contributed by atoms with E-state index in [4.69, 9.17) is 16.3 Å². The highest BCUT2D eigenvalue weighted by Gasteiger charge is 2.27. The number of halogens is 1. The van der Waals surface area contributed by atoms with Crippen molar-refractivity contribution in [2.45, 2.75) is 47.2 Å². The Hall–Kier alpha value is -2.53. The quantitative estimate of drug-likeness (QED) is 0.636. The molecule has 0 unspecified atom stereocenters. The molecule has 0 aliphatic carbocycles. The number of carbonyl (C=O) groups is 2. The lowest BCUT2D eigenvalue weighted by atomic mass is 10.1. The monoisotopic (exact) mass is 430 g/mol. The number of ether oxygens (including phenoxy) is 1. The summed E-state index contributed by atoms with van der Waals surface area (Å²) in [7, 11) is 0. The SMILES string of the molecule is Cc1ccc(C)c(OCC(=O)N(Cc2ccccc2Cl)[C@H](C)C(=O)NCC(C)C)c1. The highest BCUT2D eigenvalue weighted by Crippen LogP contribution is 2.21. The smallest absolute Gasteiger partial charge is 0.261 e. The maximum Gasteiger partial charge on any atom is 0.261 e. The first-order valence-corrected chi connectivity index (χ1v) is 10.6. The number of nitrogens with zero attached hydrogens (tertiary/aromatic N) is 1. The lowest BCUT2D eigenvalue weighted by Gasteiger charge is -2.29. The molecule has 0 bridgehead atoms. The summed E-state index contributed by atoms with van der Waals surface area (Å²) in [5, 5.41) is 3.46. The number of hydrogen-bond acceptors (Lipinski definition) is 3. The molecule has 162 valence electrons. The van der Waals surface area contributed by atoms with Gasteiger partial charge in [0.1, 0.15) is 11.8 Å². The fourth-order valence-electron chi connectivity index (χ4n) is 2.93. The van der Waals surface area contributed by atoms with Crippen molar-refractivity contribution in [3.63, 3.8) is 0 Å². The summed E-state index contributed by atoms with van der Waals surface area (Å²) in [5.74, 6) is 0.512. The molecule has 2 aromatic rings. The summed E-state index contributed by atoms with van der Waals surface area (Å²) >= 11 is 6.30. The van der Waals surface area contributed by atoms with Gasteiger partial charge in [0, 0.05) is 18.1 Å². The summed E-state index contributed by atoms with van der Waals surface area (Å²) in [6.45, 7) is 10.3. The first-order valence-electron chi connectivity index (χ1n) is 10.2. The van der Waals surface area contributed by atoms with Gasteiger partial charge in [0.2, 0.25) is 5.91 Å². The second-order valence-corrected chi connectivity index (χ2v) is 8.39. The van der Waals surface area contributed by atoms with Crippen LogP contribution in [0.1, 0.15) is 37.5 Å². The Morgan fingerprint density at radius 3 is 2.47 bits per heavy atom. The minimum absolute atomic E-state index is 0.156. The van der Waals surface area contributed by atoms with Gasteiger partial charge in [-0.25, -0.2) is 0 Å². The van der Waals surface area contributed by atoms with Gasteiger partial charge in [-0.05, 0) is 55.5 Å². The van der Waals surface area contributed by atoms with E-state index >= 15 is 0 Å². The molecule has 0 aromatic heterocycles. The van der Waals surface area contributed by atoms with Gasteiger partial charge in [0.05, 0.1) is 0 Å². The van der Waals surface area contributed by atoms with Crippen LogP contribution in [-0.2, 0) is 16.1 Å². The van der Waals surface area contributed by atoms with Gasteiger partial charge in [-0.15, -0.1) is 0 Å². The number of carbonyl (C=O) groups excluding carboxylic acids is 2. The molecule has 0 saturated carbocycles. The Balaban J connectivity index is 2.18. The van der Waals surface area contributed by atoms with Crippen molar-refractivity contribution in [3.8, 4) is 5.75 Å². The van der Waals surface area contributed by atoms with Crippen LogP contribution < -0.4 is 10.1 Å². The maximum absolute atomic E-state index is 13.1. The predicted molar refractivity (Wildman–Crippen MR) is 121 cm³/mol. The topological polar surface area (TPSA) is 58.6 Å². The third-order valence-corrected chi connectivity index (χ3v) is 5.21. The van der Waals surface area contributed by atoms with Gasteiger partial charge in [0.15, 0.2) is 6.61 Å². The standard InChI is InChI=1S/C24H31ClN2O3/c1-16(2)13-26-24(29)19(5)27(14-20-8-6-7-9-21(20)25)23(28)15-30-22-12-17(3)10-11-18(22)4/h6-12,16,19H,13-15H2,1-5H3,(H,26,29)/t19-/m1/s1. The highest BCUT2D eigenvalue weighted by molar-refractivity contribution is 6.31. The molecule has 0 heterocycles. The van der Waals surface area contributed by atoms with Gasteiger partial charge in [-0.2, -0.15) is 0 Å². The summed E-state index contributed by atoms with van der Waals surface area (Å²) in [6.07, 6.45) is 0. The maximum atomic E-state index is 13.1. The van der Waals surface area contributed by atoms with E-state index in [1.54, 1.807) is 13.0 Å². The normalized spacial score (nSPS) is 11.8. The Morgan fingerprint density at radius 1 is 1.10 bits per heavy atom. The average Bonchev–Trinajstić information content (AvgIpc) is 2.71. The van der Waals surface area contributed by atoms with Crippen molar-refractivity contribution < 1.29 is 14.3 Å². The summed E-state index contributed by atoms with van der Waals surface area (Å²) < 4.78 is 5.80. The average molecular weight is 431 g/mol. The van der Waals surface area contributed by atoms with Crippen molar-refractivity contribution in [2.75, 3.05) is 13.2 Å². The van der Waals surface area contributed by atoms with E-state index in [0.717, 1.165) is 16.7 Å². The van der Waals surface area contributed by atoms with Crippen molar-refractivity contribution in [3.05, 3.63) is 64.2 Å². The van der Waals surface area contributed by atoms with Crippen LogP contribution in [0.2, 0.25) is 5.02 Å². The second-order valence-electron chi connectivity index (χ2n) is 7.99.